The summed E-state index contributed by atoms with van der Waals surface area (Å²) in [6, 6.07) is 0. The van der Waals surface area contributed by atoms with Crippen LogP contribution in [0.3, 0.4) is 0 Å². The van der Waals surface area contributed by atoms with Crippen LogP contribution in [0.2, 0.25) is 0 Å². The van der Waals surface area contributed by atoms with E-state index in [0.29, 0.717) is 17.8 Å². The van der Waals surface area contributed by atoms with Crippen LogP contribution in [-0.2, 0) is 13.2 Å². The number of aliphatic hydroxyl groups excluding tert-OH is 2. The molecule has 1 aliphatic rings. The number of pyridine rings is 1. The van der Waals surface area contributed by atoms with Gasteiger partial charge in [0, 0.05) is 37.0 Å². The van der Waals surface area contributed by atoms with E-state index in [2.05, 4.69) is 23.7 Å². The third-order valence-corrected chi connectivity index (χ3v) is 4.20. The van der Waals surface area contributed by atoms with Gasteiger partial charge in [0.2, 0.25) is 0 Å². The van der Waals surface area contributed by atoms with Crippen LogP contribution in [0.1, 0.15) is 43.5 Å². The van der Waals surface area contributed by atoms with Crippen molar-refractivity contribution in [3.05, 3.63) is 23.0 Å². The molecule has 21 heavy (non-hydrogen) atoms. The Kier molecular flexibility index (Phi) is 4.86. The van der Waals surface area contributed by atoms with Crippen LogP contribution in [0.5, 0.6) is 5.75 Å². The van der Waals surface area contributed by atoms with Crippen LogP contribution in [-0.4, -0.2) is 44.4 Å². The van der Waals surface area contributed by atoms with Gasteiger partial charge in [-0.25, -0.2) is 0 Å². The summed E-state index contributed by atoms with van der Waals surface area (Å²) in [5.41, 5.74) is 2.03. The zero-order valence-electron chi connectivity index (χ0n) is 13.1. The van der Waals surface area contributed by atoms with E-state index in [1.807, 2.05) is 0 Å². The number of aryl methyl sites for hydroxylation is 1. The van der Waals surface area contributed by atoms with E-state index in [9.17, 15) is 15.3 Å². The summed E-state index contributed by atoms with van der Waals surface area (Å²) in [6.45, 7) is 8.15. The Hall–Kier alpha value is -1.17. The smallest absolute Gasteiger partial charge is 0.141 e. The Morgan fingerprint density at radius 1 is 1.43 bits per heavy atom. The molecule has 5 nitrogen and oxygen atoms in total. The van der Waals surface area contributed by atoms with Crippen molar-refractivity contribution < 1.29 is 15.3 Å². The first-order chi connectivity index (χ1) is 9.82. The average molecular weight is 294 g/mol. The van der Waals surface area contributed by atoms with Gasteiger partial charge in [0.15, 0.2) is 0 Å². The van der Waals surface area contributed by atoms with E-state index >= 15 is 0 Å². The van der Waals surface area contributed by atoms with Crippen molar-refractivity contribution in [1.29, 1.82) is 0 Å². The zero-order chi connectivity index (χ0) is 15.6. The van der Waals surface area contributed by atoms with E-state index in [0.717, 1.165) is 31.5 Å². The molecule has 0 aliphatic carbocycles. The van der Waals surface area contributed by atoms with Gasteiger partial charge in [-0.2, -0.15) is 0 Å². The normalized spacial score (nSPS) is 23.0. The van der Waals surface area contributed by atoms with E-state index in [4.69, 9.17) is 0 Å². The van der Waals surface area contributed by atoms with Crippen molar-refractivity contribution in [2.45, 2.75) is 52.9 Å². The second kappa shape index (κ2) is 6.30. The highest BCUT2D eigenvalue weighted by molar-refractivity contribution is 5.40. The molecule has 3 N–H and O–H groups in total. The van der Waals surface area contributed by atoms with Crippen LogP contribution < -0.4 is 0 Å². The molecule has 1 saturated heterocycles. The molecule has 1 aliphatic heterocycles. The fraction of sp³-hybridized carbons (Fsp3) is 0.688. The van der Waals surface area contributed by atoms with Crippen molar-refractivity contribution in [1.82, 2.24) is 9.88 Å². The summed E-state index contributed by atoms with van der Waals surface area (Å²) < 4.78 is 0. The number of aliphatic hydroxyl groups is 2. The number of aromatic nitrogens is 1. The van der Waals surface area contributed by atoms with E-state index in [-0.39, 0.29) is 23.9 Å². The van der Waals surface area contributed by atoms with Gasteiger partial charge in [-0.3, -0.25) is 9.88 Å². The Labute approximate surface area is 126 Å². The highest BCUT2D eigenvalue weighted by atomic mass is 16.3. The highest BCUT2D eigenvalue weighted by Gasteiger charge is 2.29. The molecule has 0 radical (unpaired) electrons. The summed E-state index contributed by atoms with van der Waals surface area (Å²) >= 11 is 0. The minimum atomic E-state index is -0.268. The van der Waals surface area contributed by atoms with Crippen molar-refractivity contribution in [2.24, 2.45) is 5.41 Å². The molecule has 0 spiro atoms. The lowest BCUT2D eigenvalue weighted by Crippen LogP contribution is -2.32. The predicted molar refractivity (Wildman–Crippen MR) is 80.9 cm³/mol. The molecule has 0 bridgehead atoms. The summed E-state index contributed by atoms with van der Waals surface area (Å²) in [7, 11) is 0. The summed E-state index contributed by atoms with van der Waals surface area (Å²) in [5, 5.41) is 29.7. The number of nitrogens with zero attached hydrogens (tertiary/aromatic N) is 2. The van der Waals surface area contributed by atoms with Crippen molar-refractivity contribution in [2.75, 3.05) is 13.1 Å². The first-order valence-corrected chi connectivity index (χ1v) is 7.50. The molecule has 1 fully saturated rings. The fourth-order valence-corrected chi connectivity index (χ4v) is 3.18. The van der Waals surface area contributed by atoms with Gasteiger partial charge in [-0.15, -0.1) is 0 Å². The van der Waals surface area contributed by atoms with Crippen molar-refractivity contribution in [3.8, 4) is 5.75 Å². The first-order valence-electron chi connectivity index (χ1n) is 7.50. The Bertz CT molecular complexity index is 503. The Morgan fingerprint density at radius 3 is 2.81 bits per heavy atom. The lowest BCUT2D eigenvalue weighted by Gasteiger charge is -2.30. The number of aromatic hydroxyl groups is 1. The Balaban J connectivity index is 2.23. The summed E-state index contributed by atoms with van der Waals surface area (Å²) in [5.74, 6) is 0.171. The van der Waals surface area contributed by atoms with Gasteiger partial charge >= 0.3 is 0 Å². The van der Waals surface area contributed by atoms with Gasteiger partial charge < -0.3 is 15.3 Å². The van der Waals surface area contributed by atoms with Crippen molar-refractivity contribution >= 4 is 0 Å². The quantitative estimate of drug-likeness (QED) is 0.789. The van der Waals surface area contributed by atoms with Gasteiger partial charge in [0.25, 0.3) is 0 Å². The molecule has 118 valence electrons. The second-order valence-corrected chi connectivity index (χ2v) is 6.88. The van der Waals surface area contributed by atoms with E-state index in [1.165, 1.54) is 0 Å². The maximum atomic E-state index is 10.2. The van der Waals surface area contributed by atoms with Crippen LogP contribution in [0, 0.1) is 12.3 Å². The molecule has 1 aromatic rings. The average Bonchev–Trinajstić information content (AvgIpc) is 2.53. The van der Waals surface area contributed by atoms with Crippen LogP contribution in [0.25, 0.3) is 0 Å². The molecule has 0 saturated carbocycles. The third kappa shape index (κ3) is 3.93. The molecule has 0 unspecified atom stereocenters. The minimum Gasteiger partial charge on any atom is -0.506 e. The molecule has 2 heterocycles. The minimum absolute atomic E-state index is 0.0347. The summed E-state index contributed by atoms with van der Waals surface area (Å²) in [4.78, 5) is 6.33. The molecule has 0 amide bonds. The molecule has 0 aromatic carbocycles. The van der Waals surface area contributed by atoms with Gasteiger partial charge in [-0.1, -0.05) is 13.8 Å². The topological polar surface area (TPSA) is 76.8 Å². The van der Waals surface area contributed by atoms with Crippen LogP contribution >= 0.6 is 0 Å². The molecule has 5 heteroatoms. The summed E-state index contributed by atoms with van der Waals surface area (Å²) in [6.07, 6.45) is 2.89. The second-order valence-electron chi connectivity index (χ2n) is 6.88. The standard InChI is InChI=1S/C16H26N2O3/c1-11-15(21)14(12(9-19)7-17-11)8-18-5-4-13(20)6-16(2,3)10-18/h7,13,19-21H,4-6,8-10H2,1-3H3/t13-/m1/s1. The first kappa shape index (κ1) is 16.2. The van der Waals surface area contributed by atoms with Crippen LogP contribution in [0.15, 0.2) is 6.20 Å². The Morgan fingerprint density at radius 2 is 2.14 bits per heavy atom. The molecule has 1 atom stereocenters. The highest BCUT2D eigenvalue weighted by Crippen LogP contribution is 2.31. The van der Waals surface area contributed by atoms with Gasteiger partial charge in [0.1, 0.15) is 5.75 Å². The fourth-order valence-electron chi connectivity index (χ4n) is 3.18. The largest absolute Gasteiger partial charge is 0.506 e. The van der Waals surface area contributed by atoms with Crippen LogP contribution in [0.4, 0.5) is 0 Å². The lowest BCUT2D eigenvalue weighted by molar-refractivity contribution is 0.121. The molecular formula is C16H26N2O3. The monoisotopic (exact) mass is 294 g/mol. The molecule has 1 aromatic heterocycles. The number of rotatable bonds is 3. The van der Waals surface area contributed by atoms with E-state index in [1.54, 1.807) is 13.1 Å². The lowest BCUT2D eigenvalue weighted by atomic mass is 9.87. The molecular weight excluding hydrogens is 268 g/mol. The maximum Gasteiger partial charge on any atom is 0.141 e. The zero-order valence-corrected chi connectivity index (χ0v) is 13.1. The van der Waals surface area contributed by atoms with Gasteiger partial charge in [-0.05, 0) is 25.2 Å². The van der Waals surface area contributed by atoms with E-state index < -0.39 is 0 Å². The number of hydrogen-bond donors (Lipinski definition) is 3. The third-order valence-electron chi connectivity index (χ3n) is 4.20. The molecule has 2 rings (SSSR count). The predicted octanol–water partition coefficient (Wildman–Crippen LogP) is 1.57. The SMILES string of the molecule is Cc1ncc(CO)c(CN2CC[C@@H](O)CC(C)(C)C2)c1O. The van der Waals surface area contributed by atoms with Gasteiger partial charge in [0.05, 0.1) is 18.4 Å². The number of likely N-dealkylation sites (tertiary alicyclic amines) is 1. The number of hydrogen-bond acceptors (Lipinski definition) is 5. The van der Waals surface area contributed by atoms with Crippen molar-refractivity contribution in [3.63, 3.8) is 0 Å². The maximum absolute atomic E-state index is 10.2.